The third-order valence-corrected chi connectivity index (χ3v) is 6.66. The van der Waals surface area contributed by atoms with Crippen molar-refractivity contribution in [2.75, 3.05) is 6.61 Å². The van der Waals surface area contributed by atoms with Crippen LogP contribution >= 0.6 is 11.6 Å². The van der Waals surface area contributed by atoms with Gasteiger partial charge in [-0.1, -0.05) is 87.0 Å². The molecule has 0 spiro atoms. The van der Waals surface area contributed by atoms with Crippen LogP contribution in [0.3, 0.4) is 0 Å². The van der Waals surface area contributed by atoms with E-state index in [0.29, 0.717) is 23.1 Å². The summed E-state index contributed by atoms with van der Waals surface area (Å²) in [6.45, 7) is 8.30. The first-order valence-corrected chi connectivity index (χ1v) is 13.3. The van der Waals surface area contributed by atoms with Crippen LogP contribution in [-0.4, -0.2) is 35.4 Å². The molecule has 2 amide bonds. The van der Waals surface area contributed by atoms with Crippen molar-refractivity contribution in [1.82, 2.24) is 10.2 Å². The molecule has 0 aliphatic carbocycles. The minimum absolute atomic E-state index is 0.00961. The van der Waals surface area contributed by atoms with Crippen molar-refractivity contribution in [2.45, 2.75) is 65.1 Å². The molecule has 196 valence electrons. The first-order valence-electron chi connectivity index (χ1n) is 12.9. The Balaban J connectivity index is 1.89. The number of benzene rings is 3. The maximum absolute atomic E-state index is 13.7. The van der Waals surface area contributed by atoms with E-state index < -0.39 is 6.04 Å². The lowest BCUT2D eigenvalue weighted by Crippen LogP contribution is -2.53. The number of carbonyl (C=O) groups excluding carboxylic acids is 2. The zero-order valence-corrected chi connectivity index (χ0v) is 22.9. The Hall–Kier alpha value is -3.31. The number of hydrogen-bond donors (Lipinski definition) is 1. The van der Waals surface area contributed by atoms with Gasteiger partial charge in [0.1, 0.15) is 11.8 Å². The predicted octanol–water partition coefficient (Wildman–Crippen LogP) is 6.40. The van der Waals surface area contributed by atoms with E-state index in [9.17, 15) is 9.59 Å². The number of ether oxygens (including phenoxy) is 1. The van der Waals surface area contributed by atoms with Crippen LogP contribution in [0, 0.1) is 0 Å². The first kappa shape index (κ1) is 28.3. The van der Waals surface area contributed by atoms with E-state index in [1.54, 1.807) is 11.0 Å². The van der Waals surface area contributed by atoms with Gasteiger partial charge in [-0.15, -0.1) is 0 Å². The van der Waals surface area contributed by atoms with Gasteiger partial charge in [0.2, 0.25) is 5.91 Å². The molecule has 0 radical (unpaired) electrons. The van der Waals surface area contributed by atoms with Crippen molar-refractivity contribution in [1.29, 1.82) is 0 Å². The number of amides is 2. The van der Waals surface area contributed by atoms with Gasteiger partial charge in [0.15, 0.2) is 6.61 Å². The van der Waals surface area contributed by atoms with Crippen LogP contribution < -0.4 is 10.1 Å². The highest BCUT2D eigenvalue weighted by molar-refractivity contribution is 6.30. The van der Waals surface area contributed by atoms with E-state index in [-0.39, 0.29) is 31.0 Å². The van der Waals surface area contributed by atoms with Gasteiger partial charge < -0.3 is 15.0 Å². The Morgan fingerprint density at radius 2 is 1.59 bits per heavy atom. The predicted molar refractivity (Wildman–Crippen MR) is 150 cm³/mol. The zero-order chi connectivity index (χ0) is 26.8. The highest BCUT2D eigenvalue weighted by Gasteiger charge is 2.31. The average molecular weight is 521 g/mol. The van der Waals surface area contributed by atoms with Gasteiger partial charge >= 0.3 is 0 Å². The number of halogens is 1. The molecule has 3 rings (SSSR count). The third kappa shape index (κ3) is 8.64. The van der Waals surface area contributed by atoms with E-state index in [1.165, 1.54) is 5.56 Å². The quantitative estimate of drug-likeness (QED) is 0.301. The number of rotatable bonds is 12. The summed E-state index contributed by atoms with van der Waals surface area (Å²) in [7, 11) is 0. The molecule has 37 heavy (non-hydrogen) atoms. The molecule has 5 nitrogen and oxygen atoms in total. The smallest absolute Gasteiger partial charge is 0.261 e. The molecule has 3 aromatic rings. The molecule has 0 saturated carbocycles. The Kier molecular flexibility index (Phi) is 10.6. The standard InChI is InChI=1S/C31H37ClN2O3/c1-5-23(4)33-31(36)29(19-24-10-7-6-8-11-24)34(20-25-12-9-13-27(32)18-25)30(35)21-37-28-16-14-26(15-17-28)22(2)3/h6-18,22-23,29H,5,19-21H2,1-4H3,(H,33,36)/t23-,29-/m1/s1. The molecule has 0 aliphatic rings. The molecule has 0 heterocycles. The van der Waals surface area contributed by atoms with Gasteiger partial charge in [-0.3, -0.25) is 9.59 Å². The number of hydrogen-bond acceptors (Lipinski definition) is 3. The summed E-state index contributed by atoms with van der Waals surface area (Å²) in [6.07, 6.45) is 1.18. The van der Waals surface area contributed by atoms with E-state index >= 15 is 0 Å². The lowest BCUT2D eigenvalue weighted by Gasteiger charge is -2.32. The molecule has 1 N–H and O–H groups in total. The van der Waals surface area contributed by atoms with Crippen LogP contribution in [0.15, 0.2) is 78.9 Å². The zero-order valence-electron chi connectivity index (χ0n) is 22.1. The molecule has 0 saturated heterocycles. The monoisotopic (exact) mass is 520 g/mol. The second kappa shape index (κ2) is 13.8. The summed E-state index contributed by atoms with van der Waals surface area (Å²) in [4.78, 5) is 28.8. The van der Waals surface area contributed by atoms with Crippen molar-refractivity contribution in [3.05, 3.63) is 101 Å². The van der Waals surface area contributed by atoms with E-state index in [4.69, 9.17) is 16.3 Å². The van der Waals surface area contributed by atoms with Crippen LogP contribution in [0.2, 0.25) is 5.02 Å². The second-order valence-electron chi connectivity index (χ2n) is 9.69. The largest absolute Gasteiger partial charge is 0.484 e. The van der Waals surface area contributed by atoms with Crippen molar-refractivity contribution < 1.29 is 14.3 Å². The molecule has 2 atom stereocenters. The van der Waals surface area contributed by atoms with Crippen molar-refractivity contribution in [3.63, 3.8) is 0 Å². The molecule has 0 aliphatic heterocycles. The molecular weight excluding hydrogens is 484 g/mol. The molecule has 0 bridgehead atoms. The Morgan fingerprint density at radius 1 is 0.919 bits per heavy atom. The van der Waals surface area contributed by atoms with Crippen LogP contribution in [0.5, 0.6) is 5.75 Å². The number of carbonyl (C=O) groups is 2. The number of nitrogens with one attached hydrogen (secondary N) is 1. The summed E-state index contributed by atoms with van der Waals surface area (Å²) in [5.41, 5.74) is 3.02. The average Bonchev–Trinajstić information content (AvgIpc) is 2.90. The fourth-order valence-electron chi connectivity index (χ4n) is 4.00. The molecular formula is C31H37ClN2O3. The van der Waals surface area contributed by atoms with E-state index in [2.05, 4.69) is 19.2 Å². The maximum Gasteiger partial charge on any atom is 0.261 e. The fourth-order valence-corrected chi connectivity index (χ4v) is 4.22. The minimum atomic E-state index is -0.713. The van der Waals surface area contributed by atoms with Crippen LogP contribution in [0.4, 0.5) is 0 Å². The summed E-state index contributed by atoms with van der Waals surface area (Å²) in [6, 6.07) is 24.2. The highest BCUT2D eigenvalue weighted by atomic mass is 35.5. The van der Waals surface area contributed by atoms with Gasteiger partial charge in [0.05, 0.1) is 0 Å². The number of nitrogens with zero attached hydrogens (tertiary/aromatic N) is 1. The molecule has 0 fully saturated rings. The fraction of sp³-hybridized carbons (Fsp3) is 0.355. The van der Waals surface area contributed by atoms with Gasteiger partial charge in [-0.25, -0.2) is 0 Å². The Labute approximate surface area is 225 Å². The summed E-state index contributed by atoms with van der Waals surface area (Å²) in [5.74, 6) is 0.568. The highest BCUT2D eigenvalue weighted by Crippen LogP contribution is 2.20. The van der Waals surface area contributed by atoms with Crippen LogP contribution in [0.25, 0.3) is 0 Å². The maximum atomic E-state index is 13.7. The molecule has 3 aromatic carbocycles. The van der Waals surface area contributed by atoms with Gasteiger partial charge in [0.25, 0.3) is 5.91 Å². The van der Waals surface area contributed by atoms with Gasteiger partial charge in [0, 0.05) is 24.0 Å². The van der Waals surface area contributed by atoms with Gasteiger partial charge in [-0.2, -0.15) is 0 Å². The lowest BCUT2D eigenvalue weighted by molar-refractivity contribution is -0.143. The SMILES string of the molecule is CC[C@@H](C)NC(=O)[C@@H](Cc1ccccc1)N(Cc1cccc(Cl)c1)C(=O)COc1ccc(C(C)C)cc1. The van der Waals surface area contributed by atoms with Crippen molar-refractivity contribution >= 4 is 23.4 Å². The summed E-state index contributed by atoms with van der Waals surface area (Å²) >= 11 is 6.24. The Morgan fingerprint density at radius 3 is 2.22 bits per heavy atom. The van der Waals surface area contributed by atoms with Crippen molar-refractivity contribution in [2.24, 2.45) is 0 Å². The Bertz CT molecular complexity index is 1150. The van der Waals surface area contributed by atoms with E-state index in [1.807, 2.05) is 86.6 Å². The molecule has 0 aromatic heterocycles. The molecule has 0 unspecified atom stereocenters. The third-order valence-electron chi connectivity index (χ3n) is 6.42. The lowest BCUT2D eigenvalue weighted by atomic mass is 10.0. The normalized spacial score (nSPS) is 12.6. The van der Waals surface area contributed by atoms with E-state index in [0.717, 1.165) is 17.5 Å². The van der Waals surface area contributed by atoms with Crippen LogP contribution in [0.1, 0.15) is 56.7 Å². The van der Waals surface area contributed by atoms with Crippen molar-refractivity contribution in [3.8, 4) is 5.75 Å². The topological polar surface area (TPSA) is 58.6 Å². The first-order chi connectivity index (χ1) is 17.8. The summed E-state index contributed by atoms with van der Waals surface area (Å²) in [5, 5.41) is 3.65. The van der Waals surface area contributed by atoms with Gasteiger partial charge in [-0.05, 0) is 60.2 Å². The minimum Gasteiger partial charge on any atom is -0.484 e. The van der Waals surface area contributed by atoms with Crippen LogP contribution in [-0.2, 0) is 22.6 Å². The molecule has 6 heteroatoms. The second-order valence-corrected chi connectivity index (χ2v) is 10.1. The summed E-state index contributed by atoms with van der Waals surface area (Å²) < 4.78 is 5.88.